The van der Waals surface area contributed by atoms with Gasteiger partial charge in [0.1, 0.15) is 0 Å². The molecule has 118 valence electrons. The molecule has 0 amide bonds. The van der Waals surface area contributed by atoms with Crippen LogP contribution in [0.25, 0.3) is 0 Å². The van der Waals surface area contributed by atoms with Crippen molar-refractivity contribution in [1.82, 2.24) is 10.3 Å². The van der Waals surface area contributed by atoms with Crippen molar-refractivity contribution in [2.45, 2.75) is 66.6 Å². The molecule has 3 unspecified atom stereocenters. The van der Waals surface area contributed by atoms with Crippen LogP contribution in [0.5, 0.6) is 0 Å². The number of hydrogen-bond donors (Lipinski definition) is 1. The fourth-order valence-electron chi connectivity index (χ4n) is 3.32. The number of piperidine rings is 1. The van der Waals surface area contributed by atoms with Gasteiger partial charge in [0.25, 0.3) is 0 Å². The van der Waals surface area contributed by atoms with Crippen LogP contribution in [-0.4, -0.2) is 23.6 Å². The summed E-state index contributed by atoms with van der Waals surface area (Å²) >= 11 is 0. The highest BCUT2D eigenvalue weighted by molar-refractivity contribution is 5.55. The van der Waals surface area contributed by atoms with Crippen LogP contribution in [0, 0.1) is 18.8 Å². The summed E-state index contributed by atoms with van der Waals surface area (Å²) in [7, 11) is 0. The Hall–Kier alpha value is -1.09. The van der Waals surface area contributed by atoms with Crippen molar-refractivity contribution in [3.05, 3.63) is 23.5 Å². The molecule has 1 aliphatic rings. The summed E-state index contributed by atoms with van der Waals surface area (Å²) in [5.74, 6) is 1.50. The Balaban J connectivity index is 2.29. The second-order valence-corrected chi connectivity index (χ2v) is 7.20. The number of aromatic nitrogens is 1. The molecule has 3 atom stereocenters. The van der Waals surface area contributed by atoms with Gasteiger partial charge in [0, 0.05) is 48.3 Å². The van der Waals surface area contributed by atoms with Gasteiger partial charge in [-0.3, -0.25) is 4.98 Å². The third-order valence-corrected chi connectivity index (χ3v) is 4.71. The molecule has 1 aromatic heterocycles. The first kappa shape index (κ1) is 16.3. The summed E-state index contributed by atoms with van der Waals surface area (Å²) in [6, 6.07) is 3.36. The molecule has 21 heavy (non-hydrogen) atoms. The lowest BCUT2D eigenvalue weighted by Gasteiger charge is -2.43. The third-order valence-electron chi connectivity index (χ3n) is 4.71. The maximum atomic E-state index is 4.51. The molecular weight excluding hydrogens is 258 g/mol. The highest BCUT2D eigenvalue weighted by atomic mass is 15.2. The van der Waals surface area contributed by atoms with Crippen LogP contribution in [0.15, 0.2) is 12.3 Å². The molecule has 3 heteroatoms. The maximum Gasteiger partial charge on any atom is 0.0448 e. The van der Waals surface area contributed by atoms with Gasteiger partial charge in [0.15, 0.2) is 0 Å². The van der Waals surface area contributed by atoms with E-state index in [1.165, 1.54) is 17.7 Å². The number of anilines is 1. The van der Waals surface area contributed by atoms with E-state index in [0.29, 0.717) is 12.1 Å². The summed E-state index contributed by atoms with van der Waals surface area (Å²) in [5, 5.41) is 3.53. The van der Waals surface area contributed by atoms with Gasteiger partial charge >= 0.3 is 0 Å². The summed E-state index contributed by atoms with van der Waals surface area (Å²) in [5.41, 5.74) is 3.81. The van der Waals surface area contributed by atoms with Crippen molar-refractivity contribution in [2.75, 3.05) is 11.4 Å². The second kappa shape index (κ2) is 6.78. The minimum absolute atomic E-state index is 0.496. The molecule has 1 N–H and O–H groups in total. The molecule has 1 aromatic rings. The smallest absolute Gasteiger partial charge is 0.0448 e. The fraction of sp³-hybridized carbons (Fsp3) is 0.722. The van der Waals surface area contributed by atoms with Gasteiger partial charge in [-0.25, -0.2) is 0 Å². The molecule has 1 fully saturated rings. The Morgan fingerprint density at radius 1 is 1.33 bits per heavy atom. The summed E-state index contributed by atoms with van der Waals surface area (Å²) in [6.07, 6.45) is 3.39. The number of rotatable bonds is 4. The predicted molar refractivity (Wildman–Crippen MR) is 90.7 cm³/mol. The second-order valence-electron chi connectivity index (χ2n) is 7.20. The number of nitrogens with zero attached hydrogens (tertiary/aromatic N) is 2. The summed E-state index contributed by atoms with van der Waals surface area (Å²) < 4.78 is 0. The number of nitrogens with one attached hydrogen (secondary N) is 1. The first-order valence-corrected chi connectivity index (χ1v) is 8.34. The average molecular weight is 289 g/mol. The zero-order valence-corrected chi connectivity index (χ0v) is 14.5. The van der Waals surface area contributed by atoms with E-state index >= 15 is 0 Å². The van der Waals surface area contributed by atoms with E-state index in [1.54, 1.807) is 0 Å². The largest absolute Gasteiger partial charge is 0.368 e. The van der Waals surface area contributed by atoms with Crippen molar-refractivity contribution in [3.63, 3.8) is 0 Å². The van der Waals surface area contributed by atoms with Gasteiger partial charge in [0.05, 0.1) is 0 Å². The number of aryl methyl sites for hydroxylation is 1. The monoisotopic (exact) mass is 289 g/mol. The topological polar surface area (TPSA) is 28.2 Å². The van der Waals surface area contributed by atoms with Crippen molar-refractivity contribution in [3.8, 4) is 0 Å². The Bertz CT molecular complexity index is 470. The lowest BCUT2D eigenvalue weighted by Crippen LogP contribution is -2.46. The number of hydrogen-bond acceptors (Lipinski definition) is 3. The molecule has 0 radical (unpaired) electrons. The molecule has 0 spiro atoms. The molecule has 2 rings (SSSR count). The van der Waals surface area contributed by atoms with Gasteiger partial charge in [-0.15, -0.1) is 0 Å². The summed E-state index contributed by atoms with van der Waals surface area (Å²) in [6.45, 7) is 15.6. The zero-order valence-electron chi connectivity index (χ0n) is 14.5. The molecule has 1 saturated heterocycles. The highest BCUT2D eigenvalue weighted by Crippen LogP contribution is 2.33. The predicted octanol–water partition coefficient (Wildman–Crippen LogP) is 3.76. The highest BCUT2D eigenvalue weighted by Gasteiger charge is 2.30. The number of pyridine rings is 1. The molecule has 0 bridgehead atoms. The van der Waals surface area contributed by atoms with E-state index < -0.39 is 0 Å². The third kappa shape index (κ3) is 3.97. The molecule has 0 saturated carbocycles. The fourth-order valence-corrected chi connectivity index (χ4v) is 3.32. The Morgan fingerprint density at radius 2 is 2.05 bits per heavy atom. The minimum atomic E-state index is 0.496. The SMILES string of the molecule is Cc1cc(N2CC(C)CC(C)C2C)c(CNC(C)C)cn1. The van der Waals surface area contributed by atoms with Crippen LogP contribution < -0.4 is 10.2 Å². The normalized spacial score (nSPS) is 26.4. The van der Waals surface area contributed by atoms with Crippen LogP contribution in [0.3, 0.4) is 0 Å². The van der Waals surface area contributed by atoms with Crippen molar-refractivity contribution < 1.29 is 0 Å². The van der Waals surface area contributed by atoms with E-state index in [-0.39, 0.29) is 0 Å². The van der Waals surface area contributed by atoms with E-state index in [9.17, 15) is 0 Å². The Morgan fingerprint density at radius 3 is 2.71 bits per heavy atom. The van der Waals surface area contributed by atoms with Crippen LogP contribution >= 0.6 is 0 Å². The molecule has 0 aromatic carbocycles. The average Bonchev–Trinajstić information content (AvgIpc) is 2.41. The Labute approximate surface area is 130 Å². The van der Waals surface area contributed by atoms with E-state index in [0.717, 1.165) is 30.6 Å². The van der Waals surface area contributed by atoms with Crippen molar-refractivity contribution in [2.24, 2.45) is 11.8 Å². The quantitative estimate of drug-likeness (QED) is 0.915. The van der Waals surface area contributed by atoms with Crippen LogP contribution in [0.4, 0.5) is 5.69 Å². The van der Waals surface area contributed by atoms with Gasteiger partial charge < -0.3 is 10.2 Å². The van der Waals surface area contributed by atoms with Crippen molar-refractivity contribution >= 4 is 5.69 Å². The lowest BCUT2D eigenvalue weighted by atomic mass is 9.85. The minimum Gasteiger partial charge on any atom is -0.368 e. The van der Waals surface area contributed by atoms with Gasteiger partial charge in [-0.2, -0.15) is 0 Å². The van der Waals surface area contributed by atoms with Crippen LogP contribution in [0.2, 0.25) is 0 Å². The molecular formula is C18H31N3. The Kier molecular flexibility index (Phi) is 5.26. The van der Waals surface area contributed by atoms with E-state index in [4.69, 9.17) is 0 Å². The van der Waals surface area contributed by atoms with E-state index in [1.807, 2.05) is 0 Å². The molecule has 2 heterocycles. The molecule has 0 aliphatic carbocycles. The van der Waals surface area contributed by atoms with Gasteiger partial charge in [0.2, 0.25) is 0 Å². The molecule has 3 nitrogen and oxygen atoms in total. The lowest BCUT2D eigenvalue weighted by molar-refractivity contribution is 0.296. The van der Waals surface area contributed by atoms with Gasteiger partial charge in [-0.05, 0) is 38.2 Å². The first-order chi connectivity index (χ1) is 9.88. The van der Waals surface area contributed by atoms with Crippen molar-refractivity contribution in [1.29, 1.82) is 0 Å². The van der Waals surface area contributed by atoms with E-state index in [2.05, 4.69) is 69.0 Å². The summed E-state index contributed by atoms with van der Waals surface area (Å²) in [4.78, 5) is 7.11. The standard InChI is InChI=1S/C18H31N3/c1-12(2)19-9-17-10-20-15(5)8-18(17)21-11-13(3)7-14(4)16(21)6/h8,10,12-14,16,19H,7,9,11H2,1-6H3. The van der Waals surface area contributed by atoms with Crippen LogP contribution in [-0.2, 0) is 6.54 Å². The van der Waals surface area contributed by atoms with Gasteiger partial charge in [-0.1, -0.05) is 27.7 Å². The zero-order chi connectivity index (χ0) is 15.6. The maximum absolute atomic E-state index is 4.51. The molecule has 1 aliphatic heterocycles. The first-order valence-electron chi connectivity index (χ1n) is 8.34. The van der Waals surface area contributed by atoms with Crippen LogP contribution in [0.1, 0.15) is 52.3 Å².